The number of pyridine rings is 1. The molecule has 0 saturated heterocycles. The summed E-state index contributed by atoms with van der Waals surface area (Å²) in [5.41, 5.74) is 10.2. The van der Waals surface area contributed by atoms with Crippen molar-refractivity contribution in [2.75, 3.05) is 19.4 Å². The zero-order valence-electron chi connectivity index (χ0n) is 16.6. The second-order valence-corrected chi connectivity index (χ2v) is 7.07. The third-order valence-corrected chi connectivity index (χ3v) is 4.46. The Labute approximate surface area is 167 Å². The molecule has 0 unspecified atom stereocenters. The molecule has 3 N–H and O–H groups in total. The van der Waals surface area contributed by atoms with Crippen molar-refractivity contribution in [2.24, 2.45) is 12.2 Å². The Morgan fingerprint density at radius 1 is 1.14 bits per heavy atom. The first-order valence-corrected chi connectivity index (χ1v) is 9.14. The maximum Gasteiger partial charge on any atom is 0.261 e. The largest absolute Gasteiger partial charge is 0.363 e. The van der Waals surface area contributed by atoms with E-state index in [1.54, 1.807) is 17.1 Å². The van der Waals surface area contributed by atoms with E-state index in [0.717, 1.165) is 29.0 Å². The first kappa shape index (κ1) is 18.7. The van der Waals surface area contributed by atoms with Crippen LogP contribution in [0, 0.1) is 0 Å². The number of fused-ring (bicyclic) bond motifs is 1. The molecule has 0 amide bonds. The maximum atomic E-state index is 5.49. The molecule has 0 radical (unpaired) electrons. The number of imidazole rings is 1. The summed E-state index contributed by atoms with van der Waals surface area (Å²) in [6, 6.07) is 4.04. The number of aromatic nitrogens is 6. The lowest BCUT2D eigenvalue weighted by Crippen LogP contribution is -2.22. The monoisotopic (exact) mass is 391 g/mol. The molecule has 0 aliphatic rings. The molecule has 0 atom stereocenters. The second-order valence-electron chi connectivity index (χ2n) is 7.07. The van der Waals surface area contributed by atoms with E-state index >= 15 is 0 Å². The smallest absolute Gasteiger partial charge is 0.261 e. The second kappa shape index (κ2) is 7.76. The number of rotatable bonds is 7. The van der Waals surface area contributed by atoms with E-state index in [2.05, 4.69) is 46.0 Å². The van der Waals surface area contributed by atoms with Crippen molar-refractivity contribution in [2.45, 2.75) is 13.1 Å². The van der Waals surface area contributed by atoms with Crippen LogP contribution in [0.2, 0.25) is 0 Å². The highest BCUT2D eigenvalue weighted by atomic mass is 15.2. The van der Waals surface area contributed by atoms with Gasteiger partial charge in [-0.25, -0.2) is 15.0 Å². The summed E-state index contributed by atoms with van der Waals surface area (Å²) in [5, 5.41) is 11.2. The fourth-order valence-corrected chi connectivity index (χ4v) is 3.09. The predicted octanol–water partition coefficient (Wildman–Crippen LogP) is 1.04. The Morgan fingerprint density at radius 3 is 2.72 bits per heavy atom. The molecule has 0 aliphatic carbocycles. The highest BCUT2D eigenvalue weighted by molar-refractivity contribution is 5.63. The maximum absolute atomic E-state index is 5.49. The number of hydrogen-bond acceptors (Lipinski definition) is 7. The average Bonchev–Trinajstić information content (AvgIpc) is 3.32. The van der Waals surface area contributed by atoms with Gasteiger partial charge < -0.3 is 14.6 Å². The highest BCUT2D eigenvalue weighted by Crippen LogP contribution is 2.24. The topological polar surface area (TPSA) is 114 Å². The Morgan fingerprint density at radius 2 is 2.00 bits per heavy atom. The van der Waals surface area contributed by atoms with Crippen LogP contribution < -0.4 is 10.8 Å². The third-order valence-electron chi connectivity index (χ3n) is 4.46. The lowest BCUT2D eigenvalue weighted by atomic mass is 10.2. The summed E-state index contributed by atoms with van der Waals surface area (Å²) >= 11 is 0. The molecule has 0 spiro atoms. The van der Waals surface area contributed by atoms with Crippen LogP contribution in [0.1, 0.15) is 11.3 Å². The summed E-state index contributed by atoms with van der Waals surface area (Å²) in [7, 11) is 5.93. The molecular formula is C19H23N10+. The third kappa shape index (κ3) is 3.97. The van der Waals surface area contributed by atoms with Gasteiger partial charge in [-0.15, -0.1) is 0 Å². The quantitative estimate of drug-likeness (QED) is 0.455. The Bertz CT molecular complexity index is 1160. The minimum atomic E-state index is 0.356. The van der Waals surface area contributed by atoms with E-state index in [4.69, 9.17) is 5.53 Å². The van der Waals surface area contributed by atoms with Crippen LogP contribution >= 0.6 is 0 Å². The molecule has 0 saturated carbocycles. The summed E-state index contributed by atoms with van der Waals surface area (Å²) < 4.78 is 3.82. The lowest BCUT2D eigenvalue weighted by Gasteiger charge is -2.11. The van der Waals surface area contributed by atoms with Gasteiger partial charge in [0, 0.05) is 43.2 Å². The van der Waals surface area contributed by atoms with Crippen molar-refractivity contribution in [1.82, 2.24) is 34.0 Å². The van der Waals surface area contributed by atoms with Crippen molar-refractivity contribution in [1.29, 1.82) is 0 Å². The first-order chi connectivity index (χ1) is 14.0. The normalized spacial score (nSPS) is 11.3. The van der Waals surface area contributed by atoms with E-state index in [-0.39, 0.29) is 0 Å². The minimum Gasteiger partial charge on any atom is -0.363 e. The van der Waals surface area contributed by atoms with Gasteiger partial charge >= 0.3 is 0 Å². The number of nitrogens with two attached hydrogens (primary N) is 1. The lowest BCUT2D eigenvalue weighted by molar-refractivity contribution is -0.210. The number of nitrogens with zero attached hydrogens (tertiary/aromatic N) is 8. The van der Waals surface area contributed by atoms with Gasteiger partial charge in [0.05, 0.1) is 30.0 Å². The van der Waals surface area contributed by atoms with E-state index in [1.165, 1.54) is 0 Å². The fourth-order valence-electron chi connectivity index (χ4n) is 3.09. The molecule has 10 nitrogen and oxygen atoms in total. The predicted molar refractivity (Wildman–Crippen MR) is 108 cm³/mol. The molecule has 0 bridgehead atoms. The molecule has 0 aromatic carbocycles. The van der Waals surface area contributed by atoms with Crippen LogP contribution in [0.5, 0.6) is 0 Å². The van der Waals surface area contributed by atoms with Crippen molar-refractivity contribution >= 4 is 17.3 Å². The van der Waals surface area contributed by atoms with Gasteiger partial charge in [0.1, 0.15) is 5.65 Å². The van der Waals surface area contributed by atoms with Crippen molar-refractivity contribution in [3.05, 3.63) is 54.4 Å². The molecule has 148 valence electrons. The molecule has 4 rings (SSSR count). The van der Waals surface area contributed by atoms with E-state index < -0.39 is 0 Å². The first-order valence-electron chi connectivity index (χ1n) is 9.14. The molecule has 4 heterocycles. The van der Waals surface area contributed by atoms with Gasteiger partial charge in [-0.05, 0) is 25.7 Å². The Balaban J connectivity index is 1.58. The summed E-state index contributed by atoms with van der Waals surface area (Å²) in [5.74, 6) is 0.878. The number of aryl methyl sites for hydroxylation is 1. The van der Waals surface area contributed by atoms with Gasteiger partial charge in [-0.3, -0.25) is 4.68 Å². The number of nitrogens with one attached hydrogen (secondary N) is 1. The minimum absolute atomic E-state index is 0.356. The molecule has 0 aliphatic heterocycles. The van der Waals surface area contributed by atoms with Crippen molar-refractivity contribution < 1.29 is 5.53 Å². The molecular weight excluding hydrogens is 368 g/mol. The zero-order chi connectivity index (χ0) is 20.4. The molecule has 4 aromatic heterocycles. The van der Waals surface area contributed by atoms with Gasteiger partial charge in [0.2, 0.25) is 0 Å². The standard InChI is InChI=1S/C19H22N10/c1-27(2)12-15-8-21-17-5-4-13(10-29(15)17)6-22-18-19(26-20)23-9-16(25-18)14-7-24-28(3)11-14/h4-5,7-11,20H,6,12H2,1-3H3,(H,22,25)/p+1. The van der Waals surface area contributed by atoms with Crippen LogP contribution in [-0.4, -0.2) is 48.1 Å². The van der Waals surface area contributed by atoms with E-state index in [9.17, 15) is 0 Å². The summed E-state index contributed by atoms with van der Waals surface area (Å²) in [6.45, 7) is 1.36. The van der Waals surface area contributed by atoms with Gasteiger partial charge in [0.25, 0.3) is 5.82 Å². The molecule has 0 fully saturated rings. The van der Waals surface area contributed by atoms with Gasteiger partial charge in [-0.1, -0.05) is 6.07 Å². The number of hydrogen-bond donors (Lipinski definition) is 2. The number of anilines is 1. The Hall–Kier alpha value is -3.66. The average molecular weight is 391 g/mol. The zero-order valence-corrected chi connectivity index (χ0v) is 16.6. The van der Waals surface area contributed by atoms with Crippen molar-refractivity contribution in [3.8, 4) is 11.3 Å². The van der Waals surface area contributed by atoms with E-state index in [0.29, 0.717) is 23.9 Å². The van der Waals surface area contributed by atoms with Crippen LogP contribution in [0.25, 0.3) is 16.9 Å². The van der Waals surface area contributed by atoms with Gasteiger partial charge in [-0.2, -0.15) is 10.6 Å². The summed E-state index contributed by atoms with van der Waals surface area (Å²) in [4.78, 5) is 15.5. The SMILES string of the molecule is CN(C)Cc1cnc2ccc(CNc3nc(-c4cnn(C)c4)cnc3N=[NH2+])cn12. The Kier molecular flexibility index (Phi) is 5.00. The molecule has 4 aromatic rings. The van der Waals surface area contributed by atoms with Crippen LogP contribution in [-0.2, 0) is 20.1 Å². The van der Waals surface area contributed by atoms with Gasteiger partial charge in [0.15, 0.2) is 5.82 Å². The fraction of sp³-hybridized carbons (Fsp3) is 0.263. The van der Waals surface area contributed by atoms with E-state index in [1.807, 2.05) is 45.7 Å². The van der Waals surface area contributed by atoms with Crippen LogP contribution in [0.3, 0.4) is 0 Å². The van der Waals surface area contributed by atoms with Crippen LogP contribution in [0.15, 0.2) is 48.2 Å². The molecule has 10 heteroatoms. The van der Waals surface area contributed by atoms with Crippen LogP contribution in [0.4, 0.5) is 11.6 Å². The summed E-state index contributed by atoms with van der Waals surface area (Å²) in [6.07, 6.45) is 9.24. The van der Waals surface area contributed by atoms with Crippen molar-refractivity contribution in [3.63, 3.8) is 0 Å². The molecule has 29 heavy (non-hydrogen) atoms. The highest BCUT2D eigenvalue weighted by Gasteiger charge is 2.12.